The Kier molecular flexibility index (Phi) is 3.86. The van der Waals surface area contributed by atoms with Gasteiger partial charge in [0.1, 0.15) is 11.8 Å². The fourth-order valence-electron chi connectivity index (χ4n) is 3.37. The van der Waals surface area contributed by atoms with E-state index >= 15 is 0 Å². The molecular weight excluding hydrogens is 356 g/mol. The van der Waals surface area contributed by atoms with Crippen molar-refractivity contribution in [2.75, 3.05) is 5.32 Å². The van der Waals surface area contributed by atoms with Gasteiger partial charge in [0, 0.05) is 22.1 Å². The SMILES string of the molecule is CCc1ccn2ncnc(Nc3ccc4c(cnn4Cc4cccs4)c3)c12. The summed E-state index contributed by atoms with van der Waals surface area (Å²) < 4.78 is 3.90. The number of nitrogens with zero attached hydrogens (tertiary/aromatic N) is 5. The van der Waals surface area contributed by atoms with Gasteiger partial charge in [-0.2, -0.15) is 10.2 Å². The largest absolute Gasteiger partial charge is 0.338 e. The van der Waals surface area contributed by atoms with Gasteiger partial charge in [0.15, 0.2) is 5.82 Å². The van der Waals surface area contributed by atoms with Crippen LogP contribution in [0.15, 0.2) is 60.5 Å². The highest BCUT2D eigenvalue weighted by molar-refractivity contribution is 7.09. The first-order valence-corrected chi connectivity index (χ1v) is 9.76. The second-order valence-electron chi connectivity index (χ2n) is 6.38. The van der Waals surface area contributed by atoms with Gasteiger partial charge in [-0.25, -0.2) is 9.50 Å². The van der Waals surface area contributed by atoms with Crippen molar-refractivity contribution in [3.8, 4) is 0 Å². The Hall–Kier alpha value is -3.19. The van der Waals surface area contributed by atoms with Gasteiger partial charge < -0.3 is 5.32 Å². The van der Waals surface area contributed by atoms with E-state index in [-0.39, 0.29) is 0 Å². The highest BCUT2D eigenvalue weighted by Gasteiger charge is 2.10. The third-order valence-electron chi connectivity index (χ3n) is 4.71. The maximum Gasteiger partial charge on any atom is 0.158 e. The second kappa shape index (κ2) is 6.51. The normalized spacial score (nSPS) is 11.4. The lowest BCUT2D eigenvalue weighted by Crippen LogP contribution is -2.01. The summed E-state index contributed by atoms with van der Waals surface area (Å²) in [7, 11) is 0. The van der Waals surface area contributed by atoms with Crippen LogP contribution in [-0.4, -0.2) is 24.4 Å². The predicted molar refractivity (Wildman–Crippen MR) is 109 cm³/mol. The summed E-state index contributed by atoms with van der Waals surface area (Å²) in [6.07, 6.45) is 6.40. The zero-order valence-corrected chi connectivity index (χ0v) is 15.6. The molecule has 5 aromatic rings. The van der Waals surface area contributed by atoms with Crippen LogP contribution in [0.1, 0.15) is 17.4 Å². The number of nitrogens with one attached hydrogen (secondary N) is 1. The number of hydrogen-bond donors (Lipinski definition) is 1. The van der Waals surface area contributed by atoms with E-state index in [1.807, 2.05) is 21.6 Å². The molecule has 1 N–H and O–H groups in total. The molecule has 0 atom stereocenters. The topological polar surface area (TPSA) is 60.0 Å². The highest BCUT2D eigenvalue weighted by Crippen LogP contribution is 2.26. The average molecular weight is 374 g/mol. The van der Waals surface area contributed by atoms with Crippen LogP contribution in [0.5, 0.6) is 0 Å². The minimum Gasteiger partial charge on any atom is -0.338 e. The quantitative estimate of drug-likeness (QED) is 0.492. The monoisotopic (exact) mass is 374 g/mol. The maximum absolute atomic E-state index is 4.55. The number of thiophene rings is 1. The lowest BCUT2D eigenvalue weighted by molar-refractivity contribution is 0.721. The number of benzene rings is 1. The highest BCUT2D eigenvalue weighted by atomic mass is 32.1. The van der Waals surface area contributed by atoms with E-state index in [1.54, 1.807) is 17.7 Å². The lowest BCUT2D eigenvalue weighted by atomic mass is 10.2. The second-order valence-corrected chi connectivity index (χ2v) is 7.41. The number of anilines is 2. The van der Waals surface area contributed by atoms with E-state index in [9.17, 15) is 0 Å². The molecular formula is C20H18N6S. The Morgan fingerprint density at radius 2 is 2.11 bits per heavy atom. The molecule has 27 heavy (non-hydrogen) atoms. The molecule has 0 aliphatic heterocycles. The molecule has 0 fully saturated rings. The number of rotatable bonds is 5. The summed E-state index contributed by atoms with van der Waals surface area (Å²) in [5, 5.41) is 15.5. The molecule has 0 saturated heterocycles. The van der Waals surface area contributed by atoms with Crippen LogP contribution in [0.3, 0.4) is 0 Å². The first-order valence-electron chi connectivity index (χ1n) is 8.88. The molecule has 4 aromatic heterocycles. The third kappa shape index (κ3) is 2.86. The molecule has 0 aliphatic rings. The van der Waals surface area contributed by atoms with Crippen molar-refractivity contribution in [2.24, 2.45) is 0 Å². The molecule has 0 amide bonds. The molecule has 0 saturated carbocycles. The van der Waals surface area contributed by atoms with Gasteiger partial charge in [-0.05, 0) is 47.7 Å². The maximum atomic E-state index is 4.55. The minimum atomic E-state index is 0.796. The molecule has 1 aromatic carbocycles. The fourth-order valence-corrected chi connectivity index (χ4v) is 4.06. The van der Waals surface area contributed by atoms with Crippen molar-refractivity contribution < 1.29 is 0 Å². The van der Waals surface area contributed by atoms with Gasteiger partial charge in [-0.3, -0.25) is 4.68 Å². The number of aromatic nitrogens is 5. The van der Waals surface area contributed by atoms with Crippen LogP contribution in [0.2, 0.25) is 0 Å². The van der Waals surface area contributed by atoms with Crippen LogP contribution < -0.4 is 5.32 Å². The van der Waals surface area contributed by atoms with Gasteiger partial charge in [0.2, 0.25) is 0 Å². The summed E-state index contributed by atoms with van der Waals surface area (Å²) in [5.74, 6) is 0.817. The predicted octanol–water partition coefficient (Wildman–Crippen LogP) is 4.49. The van der Waals surface area contributed by atoms with Crippen molar-refractivity contribution in [1.82, 2.24) is 24.4 Å². The minimum absolute atomic E-state index is 0.796. The molecule has 4 heterocycles. The molecule has 0 bridgehead atoms. The standard InChI is InChI=1S/C20H18N6S/c1-2-14-7-8-25-19(14)20(21-13-23-25)24-16-5-6-18-15(10-16)11-22-26(18)12-17-4-3-9-27-17/h3-11,13H,2,12H2,1H3,(H,21,23,24). The summed E-state index contributed by atoms with van der Waals surface area (Å²) >= 11 is 1.75. The smallest absolute Gasteiger partial charge is 0.158 e. The van der Waals surface area contributed by atoms with E-state index < -0.39 is 0 Å². The van der Waals surface area contributed by atoms with Gasteiger partial charge in [0.25, 0.3) is 0 Å². The number of fused-ring (bicyclic) bond motifs is 2. The Morgan fingerprint density at radius 1 is 1.15 bits per heavy atom. The van der Waals surface area contributed by atoms with Crippen molar-refractivity contribution in [1.29, 1.82) is 0 Å². The summed E-state index contributed by atoms with van der Waals surface area (Å²) in [5.41, 5.74) is 4.36. The first kappa shape index (κ1) is 16.0. The van der Waals surface area contributed by atoms with Gasteiger partial charge in [0.05, 0.1) is 18.3 Å². The number of hydrogen-bond acceptors (Lipinski definition) is 5. The zero-order chi connectivity index (χ0) is 18.2. The third-order valence-corrected chi connectivity index (χ3v) is 5.57. The van der Waals surface area contributed by atoms with E-state index in [1.165, 1.54) is 10.4 Å². The Labute approximate surface area is 160 Å². The number of aryl methyl sites for hydroxylation is 1. The Morgan fingerprint density at radius 3 is 2.96 bits per heavy atom. The molecule has 6 nitrogen and oxygen atoms in total. The molecule has 7 heteroatoms. The van der Waals surface area contributed by atoms with Crippen molar-refractivity contribution >= 4 is 39.3 Å². The van der Waals surface area contributed by atoms with Crippen LogP contribution in [0.4, 0.5) is 11.5 Å². The lowest BCUT2D eigenvalue weighted by Gasteiger charge is -2.09. The average Bonchev–Trinajstić information content (AvgIpc) is 3.42. The van der Waals surface area contributed by atoms with Gasteiger partial charge >= 0.3 is 0 Å². The first-order chi connectivity index (χ1) is 13.3. The summed E-state index contributed by atoms with van der Waals surface area (Å²) in [6.45, 7) is 2.94. The van der Waals surface area contributed by atoms with Crippen LogP contribution >= 0.6 is 11.3 Å². The van der Waals surface area contributed by atoms with Crippen LogP contribution in [0.25, 0.3) is 16.4 Å². The van der Waals surface area contributed by atoms with E-state index in [0.717, 1.165) is 40.9 Å². The van der Waals surface area contributed by atoms with Crippen molar-refractivity contribution in [2.45, 2.75) is 19.9 Å². The summed E-state index contributed by atoms with van der Waals surface area (Å²) in [6, 6.07) is 12.6. The van der Waals surface area contributed by atoms with Crippen LogP contribution in [0, 0.1) is 0 Å². The molecule has 0 unspecified atom stereocenters. The van der Waals surface area contributed by atoms with Gasteiger partial charge in [-0.1, -0.05) is 13.0 Å². The van der Waals surface area contributed by atoms with E-state index in [4.69, 9.17) is 0 Å². The Balaban J connectivity index is 1.49. The Bertz CT molecular complexity index is 1220. The van der Waals surface area contributed by atoms with Crippen LogP contribution in [-0.2, 0) is 13.0 Å². The molecule has 0 radical (unpaired) electrons. The molecule has 5 rings (SSSR count). The molecule has 0 aliphatic carbocycles. The molecule has 0 spiro atoms. The van der Waals surface area contributed by atoms with Crippen molar-refractivity contribution in [3.63, 3.8) is 0 Å². The fraction of sp³-hybridized carbons (Fsp3) is 0.150. The van der Waals surface area contributed by atoms with E-state index in [2.05, 4.69) is 69.2 Å². The molecule has 134 valence electrons. The zero-order valence-electron chi connectivity index (χ0n) is 14.8. The van der Waals surface area contributed by atoms with Gasteiger partial charge in [-0.15, -0.1) is 11.3 Å². The van der Waals surface area contributed by atoms with Crippen molar-refractivity contribution in [3.05, 3.63) is 70.9 Å². The summed E-state index contributed by atoms with van der Waals surface area (Å²) in [4.78, 5) is 5.75. The van der Waals surface area contributed by atoms with E-state index in [0.29, 0.717) is 0 Å².